The van der Waals surface area contributed by atoms with Crippen LogP contribution in [0.25, 0.3) is 0 Å². The normalized spacial score (nSPS) is 32.5. The van der Waals surface area contributed by atoms with Crippen LogP contribution in [-0.2, 0) is 12.8 Å². The number of hydrogen-bond donors (Lipinski definition) is 0. The van der Waals surface area contributed by atoms with E-state index in [1.807, 2.05) is 0 Å². The fraction of sp³-hybridized carbons (Fsp3) is 0.818. The van der Waals surface area contributed by atoms with Gasteiger partial charge in [0.15, 0.2) is 0 Å². The number of alkyl halides is 1. The van der Waals surface area contributed by atoms with Gasteiger partial charge < -0.3 is 0 Å². The Kier molecular flexibility index (Phi) is 10.8. The number of halogens is 1. The summed E-state index contributed by atoms with van der Waals surface area (Å²) in [5.74, 6) is 6.26. The third kappa shape index (κ3) is 7.83. The molecule has 0 nitrogen and oxygen atoms in total. The van der Waals surface area contributed by atoms with Crippen molar-refractivity contribution in [2.24, 2.45) is 35.5 Å². The van der Waals surface area contributed by atoms with Gasteiger partial charge in [-0.1, -0.05) is 69.7 Å². The minimum Gasteiger partial charge on any atom is -0.251 e. The zero-order chi connectivity index (χ0) is 23.6. The molecule has 34 heavy (non-hydrogen) atoms. The van der Waals surface area contributed by atoms with Gasteiger partial charge in [-0.05, 0) is 130 Å². The molecule has 3 aliphatic rings. The van der Waals surface area contributed by atoms with Gasteiger partial charge in [0.25, 0.3) is 0 Å². The number of aryl methyl sites for hydroxylation is 2. The van der Waals surface area contributed by atoms with E-state index in [-0.39, 0.29) is 6.67 Å². The van der Waals surface area contributed by atoms with Crippen LogP contribution < -0.4 is 0 Å². The zero-order valence-corrected chi connectivity index (χ0v) is 22.3. The Balaban J connectivity index is 1.10. The first-order valence-electron chi connectivity index (χ1n) is 15.4. The van der Waals surface area contributed by atoms with E-state index in [9.17, 15) is 4.39 Å². The molecule has 192 valence electrons. The summed E-state index contributed by atoms with van der Waals surface area (Å²) in [7, 11) is 0. The van der Waals surface area contributed by atoms with Crippen LogP contribution in [0.3, 0.4) is 0 Å². The summed E-state index contributed by atoms with van der Waals surface area (Å²) in [4.78, 5) is 0. The van der Waals surface area contributed by atoms with Gasteiger partial charge in [0.1, 0.15) is 0 Å². The largest absolute Gasteiger partial charge is 0.251 e. The lowest BCUT2D eigenvalue weighted by molar-refractivity contribution is 0.102. The van der Waals surface area contributed by atoms with Gasteiger partial charge >= 0.3 is 0 Å². The molecule has 0 amide bonds. The van der Waals surface area contributed by atoms with Crippen LogP contribution in [0.4, 0.5) is 4.39 Å². The minimum absolute atomic E-state index is 0.179. The quantitative estimate of drug-likeness (QED) is 0.283. The van der Waals surface area contributed by atoms with Crippen molar-refractivity contribution in [2.45, 2.75) is 129 Å². The van der Waals surface area contributed by atoms with Gasteiger partial charge in [0.05, 0.1) is 6.67 Å². The first-order valence-corrected chi connectivity index (χ1v) is 15.4. The van der Waals surface area contributed by atoms with Crippen molar-refractivity contribution >= 4 is 0 Å². The SMILES string of the molecule is CCC[C@H]1CC[C@H](C2CCC(C3CCC(CCc4ccc(CCCCF)cc4)CC3)CC2)CC1. The maximum atomic E-state index is 12.3. The molecule has 0 N–H and O–H groups in total. The van der Waals surface area contributed by atoms with Gasteiger partial charge in [-0.15, -0.1) is 0 Å². The van der Waals surface area contributed by atoms with Crippen LogP contribution >= 0.6 is 0 Å². The Morgan fingerprint density at radius 2 is 0.971 bits per heavy atom. The summed E-state index contributed by atoms with van der Waals surface area (Å²) in [5, 5.41) is 0. The molecule has 0 heterocycles. The van der Waals surface area contributed by atoms with Crippen LogP contribution in [0.15, 0.2) is 24.3 Å². The van der Waals surface area contributed by atoms with E-state index in [0.717, 1.165) is 48.3 Å². The van der Waals surface area contributed by atoms with Crippen LogP contribution in [0.2, 0.25) is 0 Å². The summed E-state index contributed by atoms with van der Waals surface area (Å²) in [6.07, 6.45) is 26.5. The van der Waals surface area contributed by atoms with Crippen LogP contribution in [0, 0.1) is 35.5 Å². The molecule has 3 fully saturated rings. The van der Waals surface area contributed by atoms with E-state index in [4.69, 9.17) is 0 Å². The molecule has 4 rings (SSSR count). The second-order valence-corrected chi connectivity index (χ2v) is 12.5. The Labute approximate surface area is 210 Å². The second kappa shape index (κ2) is 14.0. The Morgan fingerprint density at radius 3 is 1.41 bits per heavy atom. The van der Waals surface area contributed by atoms with Crippen LogP contribution in [-0.4, -0.2) is 6.67 Å². The molecule has 0 bridgehead atoms. The average molecular weight is 469 g/mol. The molecule has 1 aromatic rings. The molecule has 1 aromatic carbocycles. The fourth-order valence-electron chi connectivity index (χ4n) is 8.06. The van der Waals surface area contributed by atoms with E-state index in [0.29, 0.717) is 6.42 Å². The van der Waals surface area contributed by atoms with Gasteiger partial charge in [0, 0.05) is 0 Å². The van der Waals surface area contributed by atoms with Crippen molar-refractivity contribution in [1.29, 1.82) is 0 Å². The predicted octanol–water partition coefficient (Wildman–Crippen LogP) is 10.1. The van der Waals surface area contributed by atoms with Gasteiger partial charge in [-0.2, -0.15) is 0 Å². The molecule has 3 aliphatic carbocycles. The van der Waals surface area contributed by atoms with E-state index in [2.05, 4.69) is 31.2 Å². The van der Waals surface area contributed by atoms with E-state index in [1.54, 1.807) is 38.5 Å². The van der Waals surface area contributed by atoms with E-state index >= 15 is 0 Å². The van der Waals surface area contributed by atoms with Crippen molar-refractivity contribution < 1.29 is 4.39 Å². The van der Waals surface area contributed by atoms with E-state index in [1.165, 1.54) is 75.3 Å². The van der Waals surface area contributed by atoms with Gasteiger partial charge in [0.2, 0.25) is 0 Å². The third-order valence-electron chi connectivity index (χ3n) is 10.3. The molecule has 0 aliphatic heterocycles. The summed E-state index contributed by atoms with van der Waals surface area (Å²) < 4.78 is 12.3. The maximum Gasteiger partial charge on any atom is 0.0894 e. The second-order valence-electron chi connectivity index (χ2n) is 12.5. The molecule has 0 unspecified atom stereocenters. The highest BCUT2D eigenvalue weighted by atomic mass is 19.1. The first kappa shape index (κ1) is 26.2. The van der Waals surface area contributed by atoms with Crippen molar-refractivity contribution in [3.8, 4) is 0 Å². The third-order valence-corrected chi connectivity index (χ3v) is 10.3. The van der Waals surface area contributed by atoms with Crippen molar-refractivity contribution in [3.63, 3.8) is 0 Å². The monoisotopic (exact) mass is 468 g/mol. The molecular weight excluding hydrogens is 415 g/mol. The molecule has 0 radical (unpaired) electrons. The zero-order valence-electron chi connectivity index (χ0n) is 22.3. The number of benzene rings is 1. The highest BCUT2D eigenvalue weighted by molar-refractivity contribution is 5.22. The lowest BCUT2D eigenvalue weighted by atomic mass is 9.64. The summed E-state index contributed by atoms with van der Waals surface area (Å²) >= 11 is 0. The van der Waals surface area contributed by atoms with Gasteiger partial charge in [-0.3, -0.25) is 4.39 Å². The number of unbranched alkanes of at least 4 members (excludes halogenated alkanes) is 1. The summed E-state index contributed by atoms with van der Waals surface area (Å²) in [5.41, 5.74) is 2.87. The maximum absolute atomic E-state index is 12.3. The number of rotatable bonds is 11. The molecule has 0 spiro atoms. The van der Waals surface area contributed by atoms with E-state index < -0.39 is 0 Å². The van der Waals surface area contributed by atoms with Crippen molar-refractivity contribution in [1.82, 2.24) is 0 Å². The highest BCUT2D eigenvalue weighted by Crippen LogP contribution is 2.46. The Hall–Kier alpha value is -0.850. The van der Waals surface area contributed by atoms with Crippen LogP contribution in [0.5, 0.6) is 0 Å². The standard InChI is InChI=1S/C33H53F/c1-2-5-26-13-17-30(18-14-26)32-21-23-33(24-22-32)31-19-15-29(16-20-31)12-11-28-9-7-27(8-10-28)6-3-4-25-34/h7-10,26,29-33H,2-6,11-25H2,1H3/t26-,29?,30-,31?,32?,33?. The lowest BCUT2D eigenvalue weighted by Gasteiger charge is -2.41. The molecule has 3 saturated carbocycles. The van der Waals surface area contributed by atoms with Gasteiger partial charge in [-0.25, -0.2) is 0 Å². The Bertz CT molecular complexity index is 654. The molecular formula is C33H53F. The minimum atomic E-state index is -0.179. The molecule has 0 atom stereocenters. The molecule has 1 heteroatoms. The highest BCUT2D eigenvalue weighted by Gasteiger charge is 2.34. The van der Waals surface area contributed by atoms with Crippen molar-refractivity contribution in [2.75, 3.05) is 6.67 Å². The Morgan fingerprint density at radius 1 is 0.559 bits per heavy atom. The number of hydrogen-bond acceptors (Lipinski definition) is 0. The fourth-order valence-corrected chi connectivity index (χ4v) is 8.06. The topological polar surface area (TPSA) is 0 Å². The summed E-state index contributed by atoms with van der Waals surface area (Å²) in [6.45, 7) is 2.18. The van der Waals surface area contributed by atoms with Crippen LogP contribution in [0.1, 0.15) is 127 Å². The average Bonchev–Trinajstić information content (AvgIpc) is 2.89. The van der Waals surface area contributed by atoms with Crippen molar-refractivity contribution in [3.05, 3.63) is 35.4 Å². The smallest absolute Gasteiger partial charge is 0.0894 e. The molecule has 0 saturated heterocycles. The first-order chi connectivity index (χ1) is 16.7. The predicted molar refractivity (Wildman–Crippen MR) is 145 cm³/mol. The summed E-state index contributed by atoms with van der Waals surface area (Å²) in [6, 6.07) is 9.20. The lowest BCUT2D eigenvalue weighted by Crippen LogP contribution is -2.29. The molecule has 0 aromatic heterocycles.